The lowest BCUT2D eigenvalue weighted by Gasteiger charge is -2.53. The van der Waals surface area contributed by atoms with E-state index in [0.29, 0.717) is 5.41 Å². The summed E-state index contributed by atoms with van der Waals surface area (Å²) in [5, 5.41) is 0. The Morgan fingerprint density at radius 3 is 1.47 bits per heavy atom. The molecule has 0 N–H and O–H groups in total. The maximum atomic E-state index is 4.55. The van der Waals surface area contributed by atoms with E-state index < -0.39 is 0 Å². The minimum Gasteiger partial charge on any atom is -0.0993 e. The van der Waals surface area contributed by atoms with E-state index in [4.69, 9.17) is 0 Å². The zero-order valence-corrected chi connectivity index (χ0v) is 24.4. The van der Waals surface area contributed by atoms with Gasteiger partial charge in [-0.3, -0.25) is 0 Å². The van der Waals surface area contributed by atoms with Crippen LogP contribution in [0, 0.1) is 29.1 Å². The second-order valence-electron chi connectivity index (χ2n) is 9.12. The summed E-state index contributed by atoms with van der Waals surface area (Å²) in [4.78, 5) is 0. The zero-order chi connectivity index (χ0) is 24.8. The summed E-state index contributed by atoms with van der Waals surface area (Å²) in [6.45, 7) is 35.3. The average molecular weight is 427 g/mol. The first-order valence-corrected chi connectivity index (χ1v) is 13.9. The van der Waals surface area contributed by atoms with Gasteiger partial charge in [0.15, 0.2) is 0 Å². The van der Waals surface area contributed by atoms with Gasteiger partial charge in [-0.2, -0.15) is 0 Å². The summed E-state index contributed by atoms with van der Waals surface area (Å²) in [6, 6.07) is 0. The van der Waals surface area contributed by atoms with E-state index in [2.05, 4.69) is 75.8 Å². The van der Waals surface area contributed by atoms with Gasteiger partial charge in [-0.05, 0) is 54.8 Å². The Morgan fingerprint density at radius 1 is 0.800 bits per heavy atom. The highest BCUT2D eigenvalue weighted by Crippen LogP contribution is 2.58. The van der Waals surface area contributed by atoms with Crippen molar-refractivity contribution >= 4 is 0 Å². The van der Waals surface area contributed by atoms with E-state index >= 15 is 0 Å². The highest BCUT2D eigenvalue weighted by atomic mass is 14.5. The van der Waals surface area contributed by atoms with Crippen LogP contribution in [0.15, 0.2) is 12.2 Å². The molecule has 1 saturated carbocycles. The van der Waals surface area contributed by atoms with Crippen LogP contribution in [0.1, 0.15) is 155 Å². The lowest BCUT2D eigenvalue weighted by atomic mass is 9.51. The van der Waals surface area contributed by atoms with E-state index in [1.165, 1.54) is 57.8 Å². The summed E-state index contributed by atoms with van der Waals surface area (Å²) in [5.74, 6) is 3.48. The Hall–Kier alpha value is -0.260. The maximum Gasteiger partial charge on any atom is -0.00600 e. The number of rotatable bonds is 9. The van der Waals surface area contributed by atoms with Gasteiger partial charge >= 0.3 is 0 Å². The van der Waals surface area contributed by atoms with E-state index in [1.54, 1.807) is 5.57 Å². The molecule has 0 bridgehead atoms. The number of hydrogen-bond donors (Lipinski definition) is 0. The van der Waals surface area contributed by atoms with Crippen LogP contribution in [0.5, 0.6) is 0 Å². The molecule has 0 aliphatic heterocycles. The summed E-state index contributed by atoms with van der Waals surface area (Å²) >= 11 is 0. The largest absolute Gasteiger partial charge is 0.0993 e. The van der Waals surface area contributed by atoms with Crippen molar-refractivity contribution in [1.82, 2.24) is 0 Å². The first-order chi connectivity index (χ1) is 14.2. The second kappa shape index (κ2) is 25.0. The van der Waals surface area contributed by atoms with Crippen LogP contribution in [0.25, 0.3) is 0 Å². The van der Waals surface area contributed by atoms with E-state index in [9.17, 15) is 0 Å². The molecule has 0 aromatic rings. The predicted molar refractivity (Wildman–Crippen MR) is 147 cm³/mol. The van der Waals surface area contributed by atoms with Gasteiger partial charge in [0.1, 0.15) is 0 Å². The van der Waals surface area contributed by atoms with Crippen molar-refractivity contribution in [3.63, 3.8) is 0 Å². The predicted octanol–water partition coefficient (Wildman–Crippen LogP) is 11.7. The van der Waals surface area contributed by atoms with Gasteiger partial charge in [0.25, 0.3) is 0 Å². The minimum atomic E-state index is 0.491. The van der Waals surface area contributed by atoms with Gasteiger partial charge < -0.3 is 0 Å². The smallest absolute Gasteiger partial charge is 0.00600 e. The molecule has 0 radical (unpaired) electrons. The molecule has 1 aliphatic carbocycles. The standard InChI is InChI=1S/C20H38.2C3H8.2C2H6/c1-8-16(6)20(13-18(9-2)14-20)17(7)11-12-19(10-3)15(4)5;2*1-3-2;2*1-2/h15-16,18-19H,7-14H2,1-6H3;2*3H2,1-2H3;2*1-2H3. The van der Waals surface area contributed by atoms with Crippen molar-refractivity contribution in [1.29, 1.82) is 0 Å². The number of hydrogen-bond acceptors (Lipinski definition) is 0. The second-order valence-corrected chi connectivity index (χ2v) is 9.12. The first-order valence-electron chi connectivity index (χ1n) is 13.9. The highest BCUT2D eigenvalue weighted by molar-refractivity contribution is 5.18. The molecule has 2 atom stereocenters. The SMILES string of the molecule is C=C(CCC(CC)C(C)C)C1(C(C)CC)CC(CC)C1.CC.CC.CCC.CCC. The van der Waals surface area contributed by atoms with Gasteiger partial charge in [0.05, 0.1) is 0 Å². The molecule has 0 saturated heterocycles. The maximum absolute atomic E-state index is 4.55. The highest BCUT2D eigenvalue weighted by Gasteiger charge is 2.47. The van der Waals surface area contributed by atoms with Gasteiger partial charge in [0, 0.05) is 0 Å². The average Bonchev–Trinajstić information content (AvgIpc) is 2.71. The lowest BCUT2D eigenvalue weighted by molar-refractivity contribution is 0.0285. The summed E-state index contributed by atoms with van der Waals surface area (Å²) in [7, 11) is 0. The zero-order valence-electron chi connectivity index (χ0n) is 24.4. The number of allylic oxidation sites excluding steroid dienone is 1. The Labute approximate surface area is 196 Å². The topological polar surface area (TPSA) is 0 Å². The van der Waals surface area contributed by atoms with Gasteiger partial charge in [-0.15, -0.1) is 0 Å². The third-order valence-electron chi connectivity index (χ3n) is 6.43. The van der Waals surface area contributed by atoms with E-state index in [-0.39, 0.29) is 0 Å². The molecule has 0 aromatic carbocycles. The molecule has 0 heterocycles. The molecule has 0 nitrogen and oxygen atoms in total. The van der Waals surface area contributed by atoms with Gasteiger partial charge in [-0.1, -0.05) is 141 Å². The molecule has 2 unspecified atom stereocenters. The van der Waals surface area contributed by atoms with Crippen molar-refractivity contribution in [3.8, 4) is 0 Å². The van der Waals surface area contributed by atoms with Crippen molar-refractivity contribution in [2.75, 3.05) is 0 Å². The minimum absolute atomic E-state index is 0.491. The molecule has 0 heteroatoms. The Bertz CT molecular complexity index is 317. The quantitative estimate of drug-likeness (QED) is 0.321. The Morgan fingerprint density at radius 2 is 1.20 bits per heavy atom. The molecule has 1 rings (SSSR count). The van der Waals surface area contributed by atoms with Crippen LogP contribution in [-0.2, 0) is 0 Å². The van der Waals surface area contributed by atoms with Gasteiger partial charge in [0.2, 0.25) is 0 Å². The summed E-state index contributed by atoms with van der Waals surface area (Å²) < 4.78 is 0. The summed E-state index contributed by atoms with van der Waals surface area (Å²) in [5.41, 5.74) is 2.07. The van der Waals surface area contributed by atoms with Crippen LogP contribution in [0.4, 0.5) is 0 Å². The molecule has 186 valence electrons. The lowest BCUT2D eigenvalue weighted by Crippen LogP contribution is -2.43. The van der Waals surface area contributed by atoms with Crippen LogP contribution in [-0.4, -0.2) is 0 Å². The van der Waals surface area contributed by atoms with Gasteiger partial charge in [-0.25, -0.2) is 0 Å². The van der Waals surface area contributed by atoms with Crippen molar-refractivity contribution in [2.45, 2.75) is 155 Å². The van der Waals surface area contributed by atoms with Crippen LogP contribution in [0.2, 0.25) is 0 Å². The molecule has 0 aromatic heterocycles. The fourth-order valence-electron chi connectivity index (χ4n) is 4.31. The van der Waals surface area contributed by atoms with E-state index in [1.807, 2.05) is 27.7 Å². The molecule has 30 heavy (non-hydrogen) atoms. The summed E-state index contributed by atoms with van der Waals surface area (Å²) in [6.07, 6.45) is 11.9. The fraction of sp³-hybridized carbons (Fsp3) is 0.933. The monoisotopic (exact) mass is 427 g/mol. The van der Waals surface area contributed by atoms with Crippen molar-refractivity contribution in [3.05, 3.63) is 12.2 Å². The molecule has 0 amide bonds. The van der Waals surface area contributed by atoms with Crippen LogP contribution in [0.3, 0.4) is 0 Å². The Balaban J connectivity index is -0.000000289. The third-order valence-corrected chi connectivity index (χ3v) is 6.43. The third kappa shape index (κ3) is 14.7. The first kappa shape index (κ1) is 37.1. The molecule has 1 fully saturated rings. The normalized spacial score (nSPS) is 21.0. The fourth-order valence-corrected chi connectivity index (χ4v) is 4.31. The van der Waals surface area contributed by atoms with Crippen molar-refractivity contribution < 1.29 is 0 Å². The van der Waals surface area contributed by atoms with Crippen LogP contribution >= 0.6 is 0 Å². The molecule has 0 spiro atoms. The molecular formula is C30H66. The van der Waals surface area contributed by atoms with Crippen molar-refractivity contribution in [2.24, 2.45) is 29.1 Å². The van der Waals surface area contributed by atoms with E-state index in [0.717, 1.165) is 23.7 Å². The van der Waals surface area contributed by atoms with Crippen LogP contribution < -0.4 is 0 Å². The molecular weight excluding hydrogens is 360 g/mol. The Kier molecular flexibility index (Phi) is 30.9. The molecule has 1 aliphatic rings.